The molecule has 34 heavy (non-hydrogen) atoms. The zero-order valence-corrected chi connectivity index (χ0v) is 19.7. The Morgan fingerprint density at radius 1 is 0.971 bits per heavy atom. The highest BCUT2D eigenvalue weighted by molar-refractivity contribution is 9.10. The Labute approximate surface area is 203 Å². The third-order valence-corrected chi connectivity index (χ3v) is 5.30. The Kier molecular flexibility index (Phi) is 7.28. The first-order valence-electron chi connectivity index (χ1n) is 10.2. The van der Waals surface area contributed by atoms with Gasteiger partial charge in [-0.15, -0.1) is 10.2 Å². The number of carbonyl (C=O) groups excluding carboxylic acids is 2. The van der Waals surface area contributed by atoms with E-state index < -0.39 is 0 Å². The van der Waals surface area contributed by atoms with E-state index in [2.05, 4.69) is 36.7 Å². The van der Waals surface area contributed by atoms with Crippen LogP contribution in [0.1, 0.15) is 10.4 Å². The molecule has 10 heteroatoms. The van der Waals surface area contributed by atoms with Crippen molar-refractivity contribution in [2.24, 2.45) is 0 Å². The highest BCUT2D eigenvalue weighted by Crippen LogP contribution is 2.24. The molecule has 0 unspecified atom stereocenters. The third kappa shape index (κ3) is 5.84. The van der Waals surface area contributed by atoms with Gasteiger partial charge in [0, 0.05) is 15.6 Å². The van der Waals surface area contributed by atoms with Crippen molar-refractivity contribution < 1.29 is 19.1 Å². The van der Waals surface area contributed by atoms with Crippen LogP contribution >= 0.6 is 15.9 Å². The number of para-hydroxylation sites is 1. The van der Waals surface area contributed by atoms with Gasteiger partial charge in [0.1, 0.15) is 18.0 Å². The standard InChI is InChI=1S/C24H20BrN5O4/c1-33-18-10-6-16(7-11-18)22(31)14-30-28-24(27-29-30)20-4-2-3-5-21(20)26-23(32)15-34-19-12-8-17(25)9-13-19/h2-13H,14-15H2,1H3,(H,26,32). The molecule has 0 saturated carbocycles. The molecule has 1 aromatic heterocycles. The van der Waals surface area contributed by atoms with Crippen LogP contribution in [0, 0.1) is 0 Å². The van der Waals surface area contributed by atoms with E-state index in [9.17, 15) is 9.59 Å². The lowest BCUT2D eigenvalue weighted by molar-refractivity contribution is -0.118. The van der Waals surface area contributed by atoms with Crippen LogP contribution in [0.25, 0.3) is 11.4 Å². The van der Waals surface area contributed by atoms with Crippen molar-refractivity contribution in [3.05, 3.63) is 82.8 Å². The number of benzene rings is 3. The van der Waals surface area contributed by atoms with Crippen molar-refractivity contribution in [2.45, 2.75) is 6.54 Å². The van der Waals surface area contributed by atoms with E-state index in [-0.39, 0.29) is 30.7 Å². The van der Waals surface area contributed by atoms with E-state index in [1.807, 2.05) is 12.1 Å². The highest BCUT2D eigenvalue weighted by Gasteiger charge is 2.15. The molecule has 1 heterocycles. The molecule has 1 amide bonds. The monoisotopic (exact) mass is 521 g/mol. The molecule has 4 aromatic rings. The van der Waals surface area contributed by atoms with Gasteiger partial charge in [0.15, 0.2) is 12.4 Å². The van der Waals surface area contributed by atoms with Crippen LogP contribution in [-0.2, 0) is 11.3 Å². The maximum atomic E-state index is 12.5. The van der Waals surface area contributed by atoms with Crippen molar-refractivity contribution in [1.29, 1.82) is 0 Å². The van der Waals surface area contributed by atoms with E-state index >= 15 is 0 Å². The summed E-state index contributed by atoms with van der Waals surface area (Å²) in [5.41, 5.74) is 1.59. The average molecular weight is 522 g/mol. The van der Waals surface area contributed by atoms with Crippen LogP contribution in [-0.4, -0.2) is 45.6 Å². The number of halogens is 1. The van der Waals surface area contributed by atoms with Gasteiger partial charge in [-0.05, 0) is 65.9 Å². The van der Waals surface area contributed by atoms with Crippen molar-refractivity contribution in [3.63, 3.8) is 0 Å². The molecule has 9 nitrogen and oxygen atoms in total. The van der Waals surface area contributed by atoms with Crippen LogP contribution in [0.5, 0.6) is 11.5 Å². The fourth-order valence-corrected chi connectivity index (χ4v) is 3.33. The summed E-state index contributed by atoms with van der Waals surface area (Å²) in [4.78, 5) is 26.2. The number of methoxy groups -OCH3 is 1. The first-order valence-corrected chi connectivity index (χ1v) is 11.0. The molecule has 0 spiro atoms. The molecule has 0 saturated heterocycles. The largest absolute Gasteiger partial charge is 0.497 e. The zero-order valence-electron chi connectivity index (χ0n) is 18.1. The molecule has 0 bridgehead atoms. The summed E-state index contributed by atoms with van der Waals surface area (Å²) in [6.07, 6.45) is 0. The third-order valence-electron chi connectivity index (χ3n) is 4.78. The van der Waals surface area contributed by atoms with Gasteiger partial charge in [-0.1, -0.05) is 28.1 Å². The van der Waals surface area contributed by atoms with E-state index in [0.717, 1.165) is 4.47 Å². The summed E-state index contributed by atoms with van der Waals surface area (Å²) in [6.45, 7) is -0.235. The number of hydrogen-bond donors (Lipinski definition) is 1. The molecule has 0 fully saturated rings. The van der Waals surface area contributed by atoms with Crippen molar-refractivity contribution in [3.8, 4) is 22.9 Å². The molecule has 0 aliphatic heterocycles. The number of hydrogen-bond acceptors (Lipinski definition) is 7. The summed E-state index contributed by atoms with van der Waals surface area (Å²) in [5.74, 6) is 1.03. The fourth-order valence-electron chi connectivity index (χ4n) is 3.07. The van der Waals surface area contributed by atoms with Gasteiger partial charge in [0.05, 0.1) is 12.8 Å². The average Bonchev–Trinajstić information content (AvgIpc) is 3.32. The highest BCUT2D eigenvalue weighted by atomic mass is 79.9. The van der Waals surface area contributed by atoms with Gasteiger partial charge in [0.25, 0.3) is 5.91 Å². The van der Waals surface area contributed by atoms with Gasteiger partial charge in [0.2, 0.25) is 5.82 Å². The van der Waals surface area contributed by atoms with E-state index in [1.54, 1.807) is 67.8 Å². The lowest BCUT2D eigenvalue weighted by Gasteiger charge is -2.10. The number of ketones is 1. The molecule has 0 radical (unpaired) electrons. The molecule has 0 aliphatic carbocycles. The second-order valence-corrected chi connectivity index (χ2v) is 8.05. The molecular weight excluding hydrogens is 502 g/mol. The molecule has 0 aliphatic rings. The molecule has 172 valence electrons. The lowest BCUT2D eigenvalue weighted by atomic mass is 10.1. The number of rotatable bonds is 9. The van der Waals surface area contributed by atoms with Crippen LogP contribution < -0.4 is 14.8 Å². The van der Waals surface area contributed by atoms with Crippen LogP contribution in [0.15, 0.2) is 77.3 Å². The minimum absolute atomic E-state index is 0.0745. The number of nitrogens with one attached hydrogen (secondary N) is 1. The number of Topliss-reactive ketones (excluding diaryl/α,β-unsaturated/α-hetero) is 1. The predicted molar refractivity (Wildman–Crippen MR) is 129 cm³/mol. The second kappa shape index (κ2) is 10.7. The van der Waals surface area contributed by atoms with E-state index in [1.165, 1.54) is 4.80 Å². The van der Waals surface area contributed by atoms with Crippen molar-refractivity contribution >= 4 is 33.3 Å². The Hall–Kier alpha value is -4.05. The van der Waals surface area contributed by atoms with Crippen LogP contribution in [0.4, 0.5) is 5.69 Å². The van der Waals surface area contributed by atoms with Crippen LogP contribution in [0.2, 0.25) is 0 Å². The van der Waals surface area contributed by atoms with Gasteiger partial charge < -0.3 is 14.8 Å². The Bertz CT molecular complexity index is 1290. The van der Waals surface area contributed by atoms with Gasteiger partial charge >= 0.3 is 0 Å². The minimum Gasteiger partial charge on any atom is -0.497 e. The minimum atomic E-state index is -0.336. The molecule has 0 atom stereocenters. The Balaban J connectivity index is 1.41. The van der Waals surface area contributed by atoms with Crippen molar-refractivity contribution in [2.75, 3.05) is 19.0 Å². The number of amides is 1. The molecule has 1 N–H and O–H groups in total. The maximum absolute atomic E-state index is 12.5. The lowest BCUT2D eigenvalue weighted by Crippen LogP contribution is -2.20. The smallest absolute Gasteiger partial charge is 0.262 e. The maximum Gasteiger partial charge on any atom is 0.262 e. The number of ether oxygens (including phenoxy) is 2. The summed E-state index contributed by atoms with van der Waals surface area (Å²) in [6, 6.07) is 21.1. The first kappa shape index (κ1) is 23.1. The normalized spacial score (nSPS) is 10.5. The van der Waals surface area contributed by atoms with E-state index in [4.69, 9.17) is 9.47 Å². The summed E-state index contributed by atoms with van der Waals surface area (Å²) >= 11 is 3.35. The molecule has 4 rings (SSSR count). The van der Waals surface area contributed by atoms with Gasteiger partial charge in [-0.3, -0.25) is 9.59 Å². The topological polar surface area (TPSA) is 108 Å². The summed E-state index contributed by atoms with van der Waals surface area (Å²) in [7, 11) is 1.56. The Morgan fingerprint density at radius 2 is 1.68 bits per heavy atom. The first-order chi connectivity index (χ1) is 16.5. The van der Waals surface area contributed by atoms with E-state index in [0.29, 0.717) is 28.3 Å². The summed E-state index contributed by atoms with van der Waals surface area (Å²) in [5, 5.41) is 15.2. The number of aromatic nitrogens is 4. The molecular formula is C24H20BrN5O4. The number of anilines is 1. The van der Waals surface area contributed by atoms with Gasteiger partial charge in [-0.25, -0.2) is 0 Å². The van der Waals surface area contributed by atoms with Crippen molar-refractivity contribution in [1.82, 2.24) is 20.2 Å². The summed E-state index contributed by atoms with van der Waals surface area (Å²) < 4.78 is 11.5. The number of tetrazole rings is 1. The Morgan fingerprint density at radius 3 is 2.41 bits per heavy atom. The fraction of sp³-hybridized carbons (Fsp3) is 0.125. The quantitative estimate of drug-likeness (QED) is 0.331. The van der Waals surface area contributed by atoms with Crippen LogP contribution in [0.3, 0.4) is 0 Å². The molecule has 3 aromatic carbocycles. The number of carbonyl (C=O) groups is 2. The second-order valence-electron chi connectivity index (χ2n) is 7.13. The SMILES string of the molecule is COc1ccc(C(=O)Cn2nnc(-c3ccccc3NC(=O)COc3ccc(Br)cc3)n2)cc1. The zero-order chi connectivity index (χ0) is 23.9. The predicted octanol–water partition coefficient (Wildman–Crippen LogP) is 4.01. The number of nitrogens with zero attached hydrogens (tertiary/aromatic N) is 4. The van der Waals surface area contributed by atoms with Gasteiger partial charge in [-0.2, -0.15) is 4.80 Å².